The smallest absolute Gasteiger partial charge is 0.328 e. The summed E-state index contributed by atoms with van der Waals surface area (Å²) in [6.45, 7) is 0. The van der Waals surface area contributed by atoms with Gasteiger partial charge in [-0.15, -0.1) is 0 Å². The van der Waals surface area contributed by atoms with Gasteiger partial charge in [-0.1, -0.05) is 0 Å². The maximum absolute atomic E-state index is 10.3. The first-order valence-electron chi connectivity index (χ1n) is 5.78. The summed E-state index contributed by atoms with van der Waals surface area (Å²) < 4.78 is 5.75. The Bertz CT molecular complexity index is 405. The number of pyridine rings is 1. The number of ether oxygens (including phenoxy) is 1. The Morgan fingerprint density at radius 3 is 2.76 bits per heavy atom. The lowest BCUT2D eigenvalue weighted by molar-refractivity contribution is -0.131. The van der Waals surface area contributed by atoms with Gasteiger partial charge in [0.05, 0.1) is 18.0 Å². The summed E-state index contributed by atoms with van der Waals surface area (Å²) >= 11 is 0. The molecule has 90 valence electrons. The molecule has 1 aromatic rings. The quantitative estimate of drug-likeness (QED) is 0.812. The van der Waals surface area contributed by atoms with Crippen molar-refractivity contribution in [2.75, 3.05) is 0 Å². The number of aromatic nitrogens is 1. The van der Waals surface area contributed by atoms with E-state index < -0.39 is 5.97 Å². The van der Waals surface area contributed by atoms with Gasteiger partial charge in [0.15, 0.2) is 0 Å². The fraction of sp³-hybridized carbons (Fsp3) is 0.385. The Kier molecular flexibility index (Phi) is 3.75. The number of carbonyl (C=O) groups is 1. The standard InChI is InChI=1S/C13H15NO3/c15-13(16)8-6-10-5-7-12(9-14-10)17-11-3-1-2-4-11/h5-9,11H,1-4H2,(H,15,16)/b8-6+. The molecule has 0 aromatic carbocycles. The Hall–Kier alpha value is -1.84. The number of hydrogen-bond acceptors (Lipinski definition) is 3. The summed E-state index contributed by atoms with van der Waals surface area (Å²) in [4.78, 5) is 14.4. The highest BCUT2D eigenvalue weighted by atomic mass is 16.5. The van der Waals surface area contributed by atoms with E-state index in [0.29, 0.717) is 11.8 Å². The number of hydrogen-bond donors (Lipinski definition) is 1. The second-order valence-corrected chi connectivity index (χ2v) is 4.11. The van der Waals surface area contributed by atoms with Gasteiger partial charge in [-0.3, -0.25) is 4.98 Å². The molecule has 0 radical (unpaired) electrons. The van der Waals surface area contributed by atoms with Gasteiger partial charge >= 0.3 is 5.97 Å². The first kappa shape index (κ1) is 11.6. The van der Waals surface area contributed by atoms with Crippen LogP contribution in [0.5, 0.6) is 5.75 Å². The van der Waals surface area contributed by atoms with Crippen LogP contribution < -0.4 is 4.74 Å². The zero-order valence-electron chi connectivity index (χ0n) is 9.50. The van der Waals surface area contributed by atoms with Gasteiger partial charge in [0, 0.05) is 6.08 Å². The monoisotopic (exact) mass is 233 g/mol. The molecule has 1 aliphatic rings. The van der Waals surface area contributed by atoms with Crippen LogP contribution in [0.4, 0.5) is 0 Å². The molecular formula is C13H15NO3. The zero-order valence-corrected chi connectivity index (χ0v) is 9.50. The molecule has 0 saturated heterocycles. The maximum Gasteiger partial charge on any atom is 0.328 e. The van der Waals surface area contributed by atoms with Crippen molar-refractivity contribution in [2.24, 2.45) is 0 Å². The molecule has 4 heteroatoms. The number of carboxylic acid groups (broad SMARTS) is 1. The Morgan fingerprint density at radius 2 is 2.18 bits per heavy atom. The van der Waals surface area contributed by atoms with Crippen molar-refractivity contribution in [3.05, 3.63) is 30.1 Å². The van der Waals surface area contributed by atoms with Crippen LogP contribution in [-0.4, -0.2) is 22.2 Å². The first-order valence-corrected chi connectivity index (χ1v) is 5.78. The minimum absolute atomic E-state index is 0.317. The molecule has 0 bridgehead atoms. The first-order chi connectivity index (χ1) is 8.24. The minimum atomic E-state index is -0.974. The fourth-order valence-corrected chi connectivity index (χ4v) is 1.92. The van der Waals surface area contributed by atoms with Crippen molar-refractivity contribution in [3.63, 3.8) is 0 Å². The zero-order chi connectivity index (χ0) is 12.1. The summed E-state index contributed by atoms with van der Waals surface area (Å²) in [5.41, 5.74) is 0.617. The molecule has 4 nitrogen and oxygen atoms in total. The summed E-state index contributed by atoms with van der Waals surface area (Å²) in [7, 11) is 0. The van der Waals surface area contributed by atoms with Crippen LogP contribution in [-0.2, 0) is 4.79 Å². The van der Waals surface area contributed by atoms with E-state index in [1.165, 1.54) is 18.9 Å². The highest BCUT2D eigenvalue weighted by Gasteiger charge is 2.16. The van der Waals surface area contributed by atoms with Crippen molar-refractivity contribution >= 4 is 12.0 Å². The molecule has 0 atom stereocenters. The van der Waals surface area contributed by atoms with Crippen LogP contribution in [0.3, 0.4) is 0 Å². The molecule has 1 heterocycles. The summed E-state index contributed by atoms with van der Waals surface area (Å²) in [5.74, 6) is -0.220. The van der Waals surface area contributed by atoms with Gasteiger partial charge < -0.3 is 9.84 Å². The molecular weight excluding hydrogens is 218 g/mol. The summed E-state index contributed by atoms with van der Waals surface area (Å²) in [6, 6.07) is 3.58. The van der Waals surface area contributed by atoms with E-state index in [2.05, 4.69) is 4.98 Å². The predicted octanol–water partition coefficient (Wildman–Crippen LogP) is 2.50. The van der Waals surface area contributed by atoms with Crippen LogP contribution >= 0.6 is 0 Å². The maximum atomic E-state index is 10.3. The van der Waals surface area contributed by atoms with Gasteiger partial charge in [-0.25, -0.2) is 4.79 Å². The van der Waals surface area contributed by atoms with Crippen molar-refractivity contribution < 1.29 is 14.6 Å². The lowest BCUT2D eigenvalue weighted by atomic mass is 10.3. The van der Waals surface area contributed by atoms with E-state index in [0.717, 1.165) is 24.7 Å². The van der Waals surface area contributed by atoms with Crippen molar-refractivity contribution in [1.82, 2.24) is 4.98 Å². The molecule has 1 N–H and O–H groups in total. The van der Waals surface area contributed by atoms with Crippen molar-refractivity contribution in [2.45, 2.75) is 31.8 Å². The summed E-state index contributed by atoms with van der Waals surface area (Å²) in [6.07, 6.45) is 9.18. The molecule has 0 amide bonds. The highest BCUT2D eigenvalue weighted by Crippen LogP contribution is 2.23. The largest absolute Gasteiger partial charge is 0.489 e. The topological polar surface area (TPSA) is 59.4 Å². The van der Waals surface area contributed by atoms with E-state index in [-0.39, 0.29) is 0 Å². The van der Waals surface area contributed by atoms with Crippen molar-refractivity contribution in [3.8, 4) is 5.75 Å². The van der Waals surface area contributed by atoms with Gasteiger partial charge in [0.25, 0.3) is 0 Å². The molecule has 17 heavy (non-hydrogen) atoms. The molecule has 2 rings (SSSR count). The van der Waals surface area contributed by atoms with Gasteiger partial charge in [0.1, 0.15) is 5.75 Å². The second kappa shape index (κ2) is 5.48. The minimum Gasteiger partial charge on any atom is -0.489 e. The molecule has 1 fully saturated rings. The summed E-state index contributed by atoms with van der Waals surface area (Å²) in [5, 5.41) is 8.48. The van der Waals surface area contributed by atoms with E-state index in [1.807, 2.05) is 6.07 Å². The van der Waals surface area contributed by atoms with Crippen LogP contribution in [0.1, 0.15) is 31.4 Å². The van der Waals surface area contributed by atoms with E-state index in [9.17, 15) is 4.79 Å². The molecule has 0 spiro atoms. The Labute approximate surface area is 99.9 Å². The third-order valence-electron chi connectivity index (χ3n) is 2.76. The van der Waals surface area contributed by atoms with Crippen LogP contribution in [0.15, 0.2) is 24.4 Å². The van der Waals surface area contributed by atoms with E-state index in [4.69, 9.17) is 9.84 Å². The van der Waals surface area contributed by atoms with Crippen LogP contribution in [0.2, 0.25) is 0 Å². The number of nitrogens with zero attached hydrogens (tertiary/aromatic N) is 1. The normalized spacial score (nSPS) is 16.5. The fourth-order valence-electron chi connectivity index (χ4n) is 1.92. The molecule has 1 aliphatic carbocycles. The third kappa shape index (κ3) is 3.59. The molecule has 0 aliphatic heterocycles. The van der Waals surface area contributed by atoms with E-state index in [1.54, 1.807) is 12.3 Å². The molecule has 0 unspecified atom stereocenters. The van der Waals surface area contributed by atoms with Gasteiger partial charge in [-0.05, 0) is 43.9 Å². The third-order valence-corrected chi connectivity index (χ3v) is 2.76. The highest BCUT2D eigenvalue weighted by molar-refractivity contribution is 5.84. The second-order valence-electron chi connectivity index (χ2n) is 4.11. The van der Waals surface area contributed by atoms with Crippen LogP contribution in [0.25, 0.3) is 6.08 Å². The lowest BCUT2D eigenvalue weighted by Gasteiger charge is -2.12. The Balaban J connectivity index is 1.95. The van der Waals surface area contributed by atoms with Crippen LogP contribution in [0, 0.1) is 0 Å². The lowest BCUT2D eigenvalue weighted by Crippen LogP contribution is -2.10. The predicted molar refractivity (Wildman–Crippen MR) is 63.8 cm³/mol. The number of rotatable bonds is 4. The average Bonchev–Trinajstić information content (AvgIpc) is 2.81. The average molecular weight is 233 g/mol. The SMILES string of the molecule is O=C(O)/C=C/c1ccc(OC2CCCC2)cn1. The molecule has 1 aromatic heterocycles. The van der Waals surface area contributed by atoms with Gasteiger partial charge in [-0.2, -0.15) is 0 Å². The van der Waals surface area contributed by atoms with E-state index >= 15 is 0 Å². The number of aliphatic carboxylic acids is 1. The Morgan fingerprint density at radius 1 is 1.41 bits per heavy atom. The number of carboxylic acids is 1. The molecule has 1 saturated carbocycles. The van der Waals surface area contributed by atoms with Crippen molar-refractivity contribution in [1.29, 1.82) is 0 Å². The van der Waals surface area contributed by atoms with Gasteiger partial charge in [0.2, 0.25) is 0 Å².